The predicted octanol–water partition coefficient (Wildman–Crippen LogP) is 5.31. The fourth-order valence-electron chi connectivity index (χ4n) is 6.04. The van der Waals surface area contributed by atoms with Crippen molar-refractivity contribution in [3.63, 3.8) is 0 Å². The average molecular weight is 532 g/mol. The van der Waals surface area contributed by atoms with Crippen LogP contribution in [-0.2, 0) is 0 Å². The van der Waals surface area contributed by atoms with Gasteiger partial charge < -0.3 is 15.0 Å². The minimum Gasteiger partial charge on any atom is -0.492 e. The van der Waals surface area contributed by atoms with Gasteiger partial charge in [0.2, 0.25) is 5.95 Å². The largest absolute Gasteiger partial charge is 0.492 e. The summed E-state index contributed by atoms with van der Waals surface area (Å²) < 4.78 is 8.08. The Bertz CT molecular complexity index is 1590. The molecule has 5 aromatic rings. The molecule has 40 heavy (non-hydrogen) atoms. The first-order valence-electron chi connectivity index (χ1n) is 14.0. The molecule has 8 heteroatoms. The molecule has 3 atom stereocenters. The smallest absolute Gasteiger partial charge is 0.212 e. The van der Waals surface area contributed by atoms with Crippen LogP contribution in [0.25, 0.3) is 16.9 Å². The second kappa shape index (κ2) is 10.6. The number of ether oxygens (including phenoxy) is 1. The van der Waals surface area contributed by atoms with Crippen LogP contribution in [0, 0.1) is 0 Å². The first kappa shape index (κ1) is 24.6. The highest BCUT2D eigenvalue weighted by atomic mass is 16.5. The maximum absolute atomic E-state index is 5.97. The predicted molar refractivity (Wildman–Crippen MR) is 158 cm³/mol. The summed E-state index contributed by atoms with van der Waals surface area (Å²) in [7, 11) is 0. The molecular weight excluding hydrogens is 498 g/mol. The molecule has 3 aromatic heterocycles. The van der Waals surface area contributed by atoms with Gasteiger partial charge in [0.05, 0.1) is 5.69 Å². The quantitative estimate of drug-likeness (QED) is 0.277. The van der Waals surface area contributed by atoms with Crippen LogP contribution >= 0.6 is 0 Å². The van der Waals surface area contributed by atoms with Crippen LogP contribution in [0.15, 0.2) is 97.5 Å². The van der Waals surface area contributed by atoms with Crippen molar-refractivity contribution in [1.29, 1.82) is 0 Å². The highest BCUT2D eigenvalue weighted by molar-refractivity contribution is 5.68. The minimum atomic E-state index is 0.142. The molecule has 1 N–H and O–H groups in total. The van der Waals surface area contributed by atoms with Crippen molar-refractivity contribution < 1.29 is 4.74 Å². The second-order valence-corrected chi connectivity index (χ2v) is 10.7. The van der Waals surface area contributed by atoms with Crippen molar-refractivity contribution in [2.24, 2.45) is 0 Å². The van der Waals surface area contributed by atoms with E-state index in [4.69, 9.17) is 9.72 Å². The van der Waals surface area contributed by atoms with Crippen LogP contribution < -0.4 is 15.0 Å². The molecular formula is C32H33N7O. The Hall–Kier alpha value is -4.43. The van der Waals surface area contributed by atoms with Gasteiger partial charge in [-0.1, -0.05) is 48.5 Å². The maximum atomic E-state index is 5.97. The topological polar surface area (TPSA) is 70.8 Å². The van der Waals surface area contributed by atoms with Gasteiger partial charge in [-0.05, 0) is 43.2 Å². The first-order valence-corrected chi connectivity index (χ1v) is 14.0. The van der Waals surface area contributed by atoms with Crippen molar-refractivity contribution in [3.05, 3.63) is 103 Å². The highest BCUT2D eigenvalue weighted by Crippen LogP contribution is 2.35. The second-order valence-electron chi connectivity index (χ2n) is 10.7. The minimum absolute atomic E-state index is 0.142. The average Bonchev–Trinajstić information content (AvgIpc) is 3.74. The van der Waals surface area contributed by atoms with E-state index in [0.29, 0.717) is 18.7 Å². The number of imidazole rings is 1. The molecule has 7 rings (SSSR count). The van der Waals surface area contributed by atoms with Crippen molar-refractivity contribution >= 4 is 17.4 Å². The van der Waals surface area contributed by atoms with Gasteiger partial charge in [0.25, 0.3) is 0 Å². The third kappa shape index (κ3) is 4.86. The molecule has 2 aliphatic heterocycles. The summed E-state index contributed by atoms with van der Waals surface area (Å²) in [5.74, 6) is 2.72. The van der Waals surface area contributed by atoms with Gasteiger partial charge in [-0.3, -0.25) is 9.30 Å². The molecule has 2 bridgehead atoms. The van der Waals surface area contributed by atoms with Crippen molar-refractivity contribution in [1.82, 2.24) is 24.3 Å². The van der Waals surface area contributed by atoms with E-state index in [2.05, 4.69) is 72.8 Å². The Kier molecular flexibility index (Phi) is 6.53. The fraction of sp³-hybridized carbons (Fsp3) is 0.281. The lowest BCUT2D eigenvalue weighted by Crippen LogP contribution is -2.48. The van der Waals surface area contributed by atoms with E-state index >= 15 is 0 Å². The van der Waals surface area contributed by atoms with Crippen LogP contribution in [0.4, 0.5) is 11.8 Å². The Labute approximate surface area is 234 Å². The fourth-order valence-corrected chi connectivity index (χ4v) is 6.04. The molecule has 5 heterocycles. The third-order valence-electron chi connectivity index (χ3n) is 8.09. The molecule has 1 unspecified atom stereocenters. The Balaban J connectivity index is 1.08. The van der Waals surface area contributed by atoms with E-state index in [1.165, 1.54) is 5.56 Å². The van der Waals surface area contributed by atoms with Gasteiger partial charge in [0, 0.05) is 68.0 Å². The number of fused-ring (bicyclic) bond motifs is 3. The zero-order valence-corrected chi connectivity index (χ0v) is 22.6. The lowest BCUT2D eigenvalue weighted by Gasteiger charge is -2.35. The molecule has 0 radical (unpaired) electrons. The van der Waals surface area contributed by atoms with Crippen LogP contribution in [0.5, 0.6) is 5.75 Å². The molecule has 2 saturated heterocycles. The van der Waals surface area contributed by atoms with Crippen molar-refractivity contribution in [2.45, 2.75) is 31.5 Å². The number of hydrogen-bond acceptors (Lipinski definition) is 7. The molecule has 2 aliphatic rings. The number of likely N-dealkylation sites (tertiary alicyclic amines) is 1. The molecule has 0 aliphatic carbocycles. The summed E-state index contributed by atoms with van der Waals surface area (Å²) in [5, 5.41) is 3.54. The van der Waals surface area contributed by atoms with E-state index in [1.807, 2.05) is 61.1 Å². The molecule has 2 fully saturated rings. The SMILES string of the molecule is CC(Nc1cc(-c2cc3nccn3c(N3C[C@@H]4C[C@H]3CN4CCOc3ccccc3)n2)ccn1)c1ccccc1. The highest BCUT2D eigenvalue weighted by Gasteiger charge is 2.44. The van der Waals surface area contributed by atoms with Crippen LogP contribution in [-0.4, -0.2) is 62.6 Å². The number of piperazine rings is 1. The van der Waals surface area contributed by atoms with Crippen LogP contribution in [0.1, 0.15) is 24.9 Å². The Morgan fingerprint density at radius 3 is 2.55 bits per heavy atom. The van der Waals surface area contributed by atoms with Gasteiger partial charge >= 0.3 is 0 Å². The van der Waals surface area contributed by atoms with E-state index in [-0.39, 0.29) is 6.04 Å². The summed E-state index contributed by atoms with van der Waals surface area (Å²) in [5.41, 5.74) is 4.05. The van der Waals surface area contributed by atoms with Gasteiger partial charge in [0.15, 0.2) is 0 Å². The van der Waals surface area contributed by atoms with E-state index in [0.717, 1.165) is 60.5 Å². The maximum Gasteiger partial charge on any atom is 0.212 e. The number of anilines is 2. The van der Waals surface area contributed by atoms with E-state index in [1.54, 1.807) is 0 Å². The zero-order chi connectivity index (χ0) is 26.9. The number of aromatic nitrogens is 4. The zero-order valence-electron chi connectivity index (χ0n) is 22.6. The van der Waals surface area contributed by atoms with Crippen molar-refractivity contribution in [2.75, 3.05) is 36.5 Å². The summed E-state index contributed by atoms with van der Waals surface area (Å²) in [6.07, 6.45) is 6.86. The number of rotatable bonds is 9. The molecule has 8 nitrogen and oxygen atoms in total. The summed E-state index contributed by atoms with van der Waals surface area (Å²) in [6.45, 7) is 5.76. The number of hydrogen-bond donors (Lipinski definition) is 1. The van der Waals surface area contributed by atoms with E-state index < -0.39 is 0 Å². The van der Waals surface area contributed by atoms with Crippen LogP contribution in [0.2, 0.25) is 0 Å². The summed E-state index contributed by atoms with van der Waals surface area (Å²) in [4.78, 5) is 19.4. The lowest BCUT2D eigenvalue weighted by atomic mass is 10.1. The first-order chi connectivity index (χ1) is 19.7. The van der Waals surface area contributed by atoms with Gasteiger partial charge in [-0.15, -0.1) is 0 Å². The monoisotopic (exact) mass is 531 g/mol. The molecule has 0 amide bonds. The standard InChI is InChI=1S/C32H33N7O/c1-23(24-8-4-2-5-9-24)35-30-18-25(12-13-33-30)29-20-31-34-14-15-38(31)32(36-29)39-22-26-19-27(39)21-37(26)16-17-40-28-10-6-3-7-11-28/h2-15,18,20,23,26-27H,16-17,19,21-22H2,1H3,(H,33,35)/t23?,26-,27-/m0/s1. The van der Waals surface area contributed by atoms with Gasteiger partial charge in [-0.25, -0.2) is 15.0 Å². The number of nitrogens with zero attached hydrogens (tertiary/aromatic N) is 6. The number of nitrogens with one attached hydrogen (secondary N) is 1. The molecule has 2 aromatic carbocycles. The summed E-state index contributed by atoms with van der Waals surface area (Å²) >= 11 is 0. The van der Waals surface area contributed by atoms with Gasteiger partial charge in [-0.2, -0.15) is 0 Å². The number of para-hydroxylation sites is 1. The normalized spacial score (nSPS) is 19.3. The van der Waals surface area contributed by atoms with Gasteiger partial charge in [0.1, 0.15) is 23.8 Å². The molecule has 202 valence electrons. The van der Waals surface area contributed by atoms with Crippen molar-refractivity contribution in [3.8, 4) is 17.0 Å². The Morgan fingerprint density at radius 2 is 1.75 bits per heavy atom. The third-order valence-corrected chi connectivity index (χ3v) is 8.09. The van der Waals surface area contributed by atoms with E-state index in [9.17, 15) is 0 Å². The number of benzene rings is 2. The van der Waals surface area contributed by atoms with Crippen LogP contribution in [0.3, 0.4) is 0 Å². The lowest BCUT2D eigenvalue weighted by molar-refractivity contribution is 0.187. The Morgan fingerprint density at radius 1 is 0.925 bits per heavy atom. The summed E-state index contributed by atoms with van der Waals surface area (Å²) in [6, 6.07) is 27.7. The molecule has 0 spiro atoms. The number of pyridine rings is 1. The molecule has 0 saturated carbocycles.